The fraction of sp³-hybridized carbons (Fsp3) is 0.647. The van der Waals surface area contributed by atoms with Crippen LogP contribution in [0.5, 0.6) is 0 Å². The SMILES string of the molecule is CCNC(c1ccc(C)cc1)C(OCC)C(C)(C)C. The number of likely N-dealkylation sites (N-methyl/N-ethyl adjacent to an activating group) is 1. The second-order valence-electron chi connectivity index (χ2n) is 6.19. The molecule has 0 spiro atoms. The molecule has 2 unspecified atom stereocenters. The lowest BCUT2D eigenvalue weighted by atomic mass is 9.81. The van der Waals surface area contributed by atoms with E-state index in [9.17, 15) is 0 Å². The minimum absolute atomic E-state index is 0.105. The van der Waals surface area contributed by atoms with Crippen molar-refractivity contribution in [3.05, 3.63) is 35.4 Å². The van der Waals surface area contributed by atoms with Gasteiger partial charge in [-0.1, -0.05) is 57.5 Å². The van der Waals surface area contributed by atoms with Crippen molar-refractivity contribution in [2.24, 2.45) is 5.41 Å². The van der Waals surface area contributed by atoms with E-state index < -0.39 is 0 Å². The molecule has 0 saturated carbocycles. The molecule has 0 bridgehead atoms. The normalized spacial score (nSPS) is 15.3. The number of hydrogen-bond acceptors (Lipinski definition) is 2. The Morgan fingerprint density at radius 3 is 2.11 bits per heavy atom. The Morgan fingerprint density at radius 1 is 1.11 bits per heavy atom. The maximum absolute atomic E-state index is 6.04. The molecule has 0 aromatic heterocycles. The van der Waals surface area contributed by atoms with Gasteiger partial charge in [-0.15, -0.1) is 0 Å². The van der Waals surface area contributed by atoms with Gasteiger partial charge in [0.1, 0.15) is 0 Å². The van der Waals surface area contributed by atoms with Crippen LogP contribution in [0.2, 0.25) is 0 Å². The van der Waals surface area contributed by atoms with Crippen LogP contribution in [0.4, 0.5) is 0 Å². The maximum Gasteiger partial charge on any atom is 0.0817 e. The zero-order chi connectivity index (χ0) is 14.5. The van der Waals surface area contributed by atoms with Gasteiger partial charge in [0, 0.05) is 6.61 Å². The van der Waals surface area contributed by atoms with Gasteiger partial charge in [-0.3, -0.25) is 0 Å². The van der Waals surface area contributed by atoms with Crippen molar-refractivity contribution in [1.29, 1.82) is 0 Å². The molecule has 2 nitrogen and oxygen atoms in total. The molecule has 0 aliphatic carbocycles. The lowest BCUT2D eigenvalue weighted by Crippen LogP contribution is -2.42. The van der Waals surface area contributed by atoms with Gasteiger partial charge in [-0.05, 0) is 31.4 Å². The van der Waals surface area contributed by atoms with E-state index in [0.717, 1.165) is 13.2 Å². The molecule has 2 heteroatoms. The molecule has 1 N–H and O–H groups in total. The monoisotopic (exact) mass is 263 g/mol. The van der Waals surface area contributed by atoms with Crippen molar-refractivity contribution in [3.63, 3.8) is 0 Å². The molecule has 0 radical (unpaired) electrons. The number of ether oxygens (including phenoxy) is 1. The first-order chi connectivity index (χ1) is 8.90. The second kappa shape index (κ2) is 7.06. The highest BCUT2D eigenvalue weighted by atomic mass is 16.5. The Kier molecular flexibility index (Phi) is 6.02. The van der Waals surface area contributed by atoms with Crippen molar-refractivity contribution < 1.29 is 4.74 Å². The van der Waals surface area contributed by atoms with E-state index in [1.165, 1.54) is 11.1 Å². The number of nitrogens with one attached hydrogen (secondary N) is 1. The summed E-state index contributed by atoms with van der Waals surface area (Å²) in [6, 6.07) is 9.00. The van der Waals surface area contributed by atoms with Crippen LogP contribution in [0.3, 0.4) is 0 Å². The molecule has 0 aliphatic rings. The summed E-state index contributed by atoms with van der Waals surface area (Å²) in [7, 11) is 0. The second-order valence-corrected chi connectivity index (χ2v) is 6.19. The predicted molar refractivity (Wildman–Crippen MR) is 82.5 cm³/mol. The highest BCUT2D eigenvalue weighted by Crippen LogP contribution is 2.33. The Hall–Kier alpha value is -0.860. The number of benzene rings is 1. The zero-order valence-electron chi connectivity index (χ0n) is 13.3. The quantitative estimate of drug-likeness (QED) is 0.834. The number of hydrogen-bond donors (Lipinski definition) is 1. The van der Waals surface area contributed by atoms with Gasteiger partial charge in [0.25, 0.3) is 0 Å². The van der Waals surface area contributed by atoms with Crippen LogP contribution >= 0.6 is 0 Å². The van der Waals surface area contributed by atoms with Gasteiger partial charge in [0.2, 0.25) is 0 Å². The molecule has 2 atom stereocenters. The van der Waals surface area contributed by atoms with Gasteiger partial charge >= 0.3 is 0 Å². The summed E-state index contributed by atoms with van der Waals surface area (Å²) >= 11 is 0. The topological polar surface area (TPSA) is 21.3 Å². The summed E-state index contributed by atoms with van der Waals surface area (Å²) in [5.41, 5.74) is 2.71. The van der Waals surface area contributed by atoms with E-state index in [2.05, 4.69) is 71.1 Å². The van der Waals surface area contributed by atoms with Gasteiger partial charge in [0.15, 0.2) is 0 Å². The van der Waals surface area contributed by atoms with E-state index in [0.29, 0.717) is 0 Å². The summed E-state index contributed by atoms with van der Waals surface area (Å²) in [6.45, 7) is 14.7. The molecule has 0 aliphatic heterocycles. The molecule has 1 rings (SSSR count). The van der Waals surface area contributed by atoms with Crippen molar-refractivity contribution in [3.8, 4) is 0 Å². The largest absolute Gasteiger partial charge is 0.376 e. The first-order valence-corrected chi connectivity index (χ1v) is 7.31. The van der Waals surface area contributed by atoms with E-state index in [-0.39, 0.29) is 17.6 Å². The van der Waals surface area contributed by atoms with Gasteiger partial charge in [-0.25, -0.2) is 0 Å². The average molecular weight is 263 g/mol. The maximum atomic E-state index is 6.04. The molecule has 19 heavy (non-hydrogen) atoms. The van der Waals surface area contributed by atoms with E-state index in [4.69, 9.17) is 4.74 Å². The average Bonchev–Trinajstić information content (AvgIpc) is 2.33. The van der Waals surface area contributed by atoms with Gasteiger partial charge < -0.3 is 10.1 Å². The molecule has 0 heterocycles. The number of rotatable bonds is 6. The van der Waals surface area contributed by atoms with E-state index in [1.807, 2.05) is 0 Å². The molecular formula is C17H29NO. The van der Waals surface area contributed by atoms with Crippen LogP contribution in [0, 0.1) is 12.3 Å². The lowest BCUT2D eigenvalue weighted by Gasteiger charge is -2.37. The first kappa shape index (κ1) is 16.2. The minimum atomic E-state index is 0.105. The first-order valence-electron chi connectivity index (χ1n) is 7.31. The molecule has 1 aromatic rings. The fourth-order valence-corrected chi connectivity index (χ4v) is 2.42. The van der Waals surface area contributed by atoms with Crippen molar-refractivity contribution in [2.75, 3.05) is 13.2 Å². The third-order valence-corrected chi connectivity index (χ3v) is 3.36. The van der Waals surface area contributed by atoms with Crippen LogP contribution in [-0.2, 0) is 4.74 Å². The summed E-state index contributed by atoms with van der Waals surface area (Å²) in [4.78, 5) is 0. The van der Waals surface area contributed by atoms with Gasteiger partial charge in [0.05, 0.1) is 12.1 Å². The van der Waals surface area contributed by atoms with Crippen molar-refractivity contribution in [2.45, 2.75) is 53.7 Å². The Morgan fingerprint density at radius 2 is 1.68 bits per heavy atom. The third kappa shape index (κ3) is 4.63. The van der Waals surface area contributed by atoms with Crippen molar-refractivity contribution >= 4 is 0 Å². The van der Waals surface area contributed by atoms with Gasteiger partial charge in [-0.2, -0.15) is 0 Å². The number of aryl methyl sites for hydroxylation is 1. The standard InChI is InChI=1S/C17H29NO/c1-7-18-15(14-11-9-13(3)10-12-14)16(19-8-2)17(4,5)6/h9-12,15-16,18H,7-8H2,1-6H3. The molecule has 1 aromatic carbocycles. The minimum Gasteiger partial charge on any atom is -0.376 e. The smallest absolute Gasteiger partial charge is 0.0817 e. The molecule has 108 valence electrons. The van der Waals surface area contributed by atoms with Crippen LogP contribution in [0.15, 0.2) is 24.3 Å². The fourth-order valence-electron chi connectivity index (χ4n) is 2.42. The molecule has 0 amide bonds. The molecular weight excluding hydrogens is 234 g/mol. The molecule has 0 fully saturated rings. The van der Waals surface area contributed by atoms with E-state index >= 15 is 0 Å². The third-order valence-electron chi connectivity index (χ3n) is 3.36. The summed E-state index contributed by atoms with van der Waals surface area (Å²) < 4.78 is 6.04. The summed E-state index contributed by atoms with van der Waals surface area (Å²) in [5.74, 6) is 0. The van der Waals surface area contributed by atoms with E-state index in [1.54, 1.807) is 0 Å². The zero-order valence-corrected chi connectivity index (χ0v) is 13.3. The highest BCUT2D eigenvalue weighted by molar-refractivity contribution is 5.25. The Labute approximate surface area is 118 Å². The highest BCUT2D eigenvalue weighted by Gasteiger charge is 2.33. The Balaban J connectivity index is 3.05. The van der Waals surface area contributed by atoms with Crippen LogP contribution in [0.1, 0.15) is 51.8 Å². The molecule has 0 saturated heterocycles. The van der Waals surface area contributed by atoms with Crippen LogP contribution in [-0.4, -0.2) is 19.3 Å². The predicted octanol–water partition coefficient (Wildman–Crippen LogP) is 4.10. The van der Waals surface area contributed by atoms with Crippen LogP contribution in [0.25, 0.3) is 0 Å². The van der Waals surface area contributed by atoms with Crippen LogP contribution < -0.4 is 5.32 Å². The van der Waals surface area contributed by atoms with Crippen molar-refractivity contribution in [1.82, 2.24) is 5.32 Å². The summed E-state index contributed by atoms with van der Waals surface area (Å²) in [6.07, 6.45) is 0.167. The Bertz CT molecular complexity index is 364. The lowest BCUT2D eigenvalue weighted by molar-refractivity contribution is -0.0363. The summed E-state index contributed by atoms with van der Waals surface area (Å²) in [5, 5.41) is 3.58.